The van der Waals surface area contributed by atoms with E-state index in [1.807, 2.05) is 0 Å². The monoisotopic (exact) mass is 176 g/mol. The van der Waals surface area contributed by atoms with Gasteiger partial charge in [-0.2, -0.15) is 0 Å². The Bertz CT molecular complexity index is 230. The van der Waals surface area contributed by atoms with Gasteiger partial charge in [0.15, 0.2) is 17.5 Å². The Morgan fingerprint density at radius 2 is 1.33 bits per heavy atom. The molecular weight excluding hydrogens is 171 g/mol. The fourth-order valence-electron chi connectivity index (χ4n) is 0.900. The van der Waals surface area contributed by atoms with E-state index in [2.05, 4.69) is 0 Å². The summed E-state index contributed by atoms with van der Waals surface area (Å²) < 4.78 is 50.5. The lowest BCUT2D eigenvalue weighted by atomic mass is 9.92. The van der Waals surface area contributed by atoms with Gasteiger partial charge in [0.05, 0.1) is 0 Å². The average molecular weight is 176 g/mol. The highest BCUT2D eigenvalue weighted by Gasteiger charge is 2.19. The second-order valence-electron chi connectivity index (χ2n) is 2.51. The molecule has 12 heavy (non-hydrogen) atoms. The van der Waals surface area contributed by atoms with Gasteiger partial charge in [0.25, 0.3) is 0 Å². The van der Waals surface area contributed by atoms with Crippen LogP contribution in [0.4, 0.5) is 17.6 Å². The number of halogens is 4. The number of hydrogen-bond acceptors (Lipinski definition) is 0. The van der Waals surface area contributed by atoms with Gasteiger partial charge in [0.2, 0.25) is 0 Å². The lowest BCUT2D eigenvalue weighted by Crippen LogP contribution is -2.19. The molecule has 0 N–H and O–H groups in total. The van der Waals surface area contributed by atoms with Crippen molar-refractivity contribution in [3.63, 3.8) is 0 Å². The van der Waals surface area contributed by atoms with Crippen LogP contribution in [0.2, 0.25) is 0 Å². The second-order valence-corrected chi connectivity index (χ2v) is 2.51. The molecule has 0 aliphatic heterocycles. The zero-order valence-electron chi connectivity index (χ0n) is 6.51. The van der Waals surface area contributed by atoms with Crippen molar-refractivity contribution in [3.05, 3.63) is 28.8 Å². The predicted octanol–water partition coefficient (Wildman–Crippen LogP) is 0.810. The van der Waals surface area contributed by atoms with E-state index in [1.165, 1.54) is 0 Å². The van der Waals surface area contributed by atoms with E-state index in [0.717, 1.165) is 14.8 Å². The van der Waals surface area contributed by atoms with E-state index in [4.69, 9.17) is 0 Å². The van der Waals surface area contributed by atoms with Gasteiger partial charge in [-0.1, -0.05) is 0 Å². The molecule has 0 nitrogen and oxygen atoms in total. The molecule has 0 bridgehead atoms. The summed E-state index contributed by atoms with van der Waals surface area (Å²) in [4.78, 5) is 0. The highest BCUT2D eigenvalue weighted by atomic mass is 19.2. The van der Waals surface area contributed by atoms with Gasteiger partial charge in [-0.05, 0) is 12.4 Å². The average Bonchev–Trinajstić information content (AvgIpc) is 2.08. The van der Waals surface area contributed by atoms with Crippen LogP contribution in [0.3, 0.4) is 0 Å². The highest BCUT2D eigenvalue weighted by molar-refractivity contribution is 6.32. The molecule has 0 radical (unpaired) electrons. The lowest BCUT2D eigenvalue weighted by Gasteiger charge is -2.05. The molecule has 0 spiro atoms. The minimum absolute atomic E-state index is 0.494. The minimum Gasteiger partial charge on any atom is -0.207 e. The highest BCUT2D eigenvalue weighted by Crippen LogP contribution is 2.15. The van der Waals surface area contributed by atoms with Crippen molar-refractivity contribution in [2.45, 2.75) is 6.92 Å². The molecule has 0 saturated carbocycles. The van der Waals surface area contributed by atoms with Crippen LogP contribution in [-0.4, -0.2) is 7.85 Å². The maximum Gasteiger partial charge on any atom is 0.194 e. The molecule has 0 saturated heterocycles. The van der Waals surface area contributed by atoms with E-state index in [9.17, 15) is 17.6 Å². The normalized spacial score (nSPS) is 10.4. The Balaban J connectivity index is 3.60. The van der Waals surface area contributed by atoms with Crippen LogP contribution >= 0.6 is 0 Å². The summed E-state index contributed by atoms with van der Waals surface area (Å²) in [6, 6.07) is 0. The molecule has 1 aromatic carbocycles. The smallest absolute Gasteiger partial charge is 0.194 e. The Labute approximate surface area is 67.6 Å². The molecule has 64 valence electrons. The third kappa shape index (κ3) is 1.09. The minimum atomic E-state index is -1.62. The van der Waals surface area contributed by atoms with E-state index in [0.29, 0.717) is 0 Å². The van der Waals surface area contributed by atoms with Crippen LogP contribution in [0.1, 0.15) is 5.56 Å². The first-order valence-electron chi connectivity index (χ1n) is 3.26. The fourth-order valence-corrected chi connectivity index (χ4v) is 0.900. The molecule has 1 aromatic rings. The Kier molecular flexibility index (Phi) is 2.13. The van der Waals surface area contributed by atoms with Gasteiger partial charge in [-0.15, -0.1) is 0 Å². The summed E-state index contributed by atoms with van der Waals surface area (Å²) in [5, 5.41) is 0. The zero-order valence-corrected chi connectivity index (χ0v) is 6.51. The summed E-state index contributed by atoms with van der Waals surface area (Å²) >= 11 is 0. The van der Waals surface area contributed by atoms with Crippen molar-refractivity contribution in [3.8, 4) is 0 Å². The van der Waals surface area contributed by atoms with Crippen molar-refractivity contribution in [1.29, 1.82) is 0 Å². The van der Waals surface area contributed by atoms with Crippen molar-refractivity contribution in [2.75, 3.05) is 0 Å². The summed E-state index contributed by atoms with van der Waals surface area (Å²) in [5.41, 5.74) is -0.988. The summed E-state index contributed by atoms with van der Waals surface area (Å²) in [5.74, 6) is -5.58. The SMILES string of the molecule is Bc1c(F)c(C)c(F)c(F)c1F. The molecule has 0 heterocycles. The maximum atomic E-state index is 12.8. The molecule has 0 aliphatic rings. The molecule has 0 unspecified atom stereocenters. The summed E-state index contributed by atoms with van der Waals surface area (Å²) in [6.45, 7) is 1.06. The lowest BCUT2D eigenvalue weighted by molar-refractivity contribution is 0.435. The molecule has 5 heteroatoms. The summed E-state index contributed by atoms with van der Waals surface area (Å²) in [6.07, 6.45) is 0. The Morgan fingerprint density at radius 1 is 0.833 bits per heavy atom. The quantitative estimate of drug-likeness (QED) is 0.237. The molecule has 1 rings (SSSR count). The van der Waals surface area contributed by atoms with Crippen molar-refractivity contribution >= 4 is 13.3 Å². The molecule has 0 aromatic heterocycles. The molecular formula is C7H5BF4. The molecule has 0 amide bonds. The Morgan fingerprint density at radius 3 is 1.83 bits per heavy atom. The van der Waals surface area contributed by atoms with E-state index in [-0.39, 0.29) is 0 Å². The maximum absolute atomic E-state index is 12.8. The van der Waals surface area contributed by atoms with Gasteiger partial charge in [-0.25, -0.2) is 17.6 Å². The molecule has 0 atom stereocenters. The van der Waals surface area contributed by atoms with Gasteiger partial charge in [-0.3, -0.25) is 0 Å². The third-order valence-corrected chi connectivity index (χ3v) is 1.70. The standard InChI is InChI=1S/C7H5BF4/c1-2-4(9)3(8)6(11)7(12)5(2)10/h8H2,1H3. The van der Waals surface area contributed by atoms with E-state index < -0.39 is 34.3 Å². The van der Waals surface area contributed by atoms with E-state index >= 15 is 0 Å². The topological polar surface area (TPSA) is 0 Å². The first-order chi connectivity index (χ1) is 5.46. The van der Waals surface area contributed by atoms with Crippen LogP contribution in [0.5, 0.6) is 0 Å². The van der Waals surface area contributed by atoms with Crippen molar-refractivity contribution in [1.82, 2.24) is 0 Å². The summed E-state index contributed by atoms with van der Waals surface area (Å²) in [7, 11) is 1.06. The van der Waals surface area contributed by atoms with Crippen LogP contribution in [0.25, 0.3) is 0 Å². The number of hydrogen-bond donors (Lipinski definition) is 0. The van der Waals surface area contributed by atoms with Gasteiger partial charge in [0, 0.05) is 5.56 Å². The van der Waals surface area contributed by atoms with Crippen LogP contribution < -0.4 is 5.46 Å². The van der Waals surface area contributed by atoms with Crippen LogP contribution in [0, 0.1) is 30.2 Å². The van der Waals surface area contributed by atoms with Gasteiger partial charge < -0.3 is 0 Å². The van der Waals surface area contributed by atoms with Crippen LogP contribution in [0.15, 0.2) is 0 Å². The second kappa shape index (κ2) is 2.81. The van der Waals surface area contributed by atoms with Crippen molar-refractivity contribution in [2.24, 2.45) is 0 Å². The fraction of sp³-hybridized carbons (Fsp3) is 0.143. The largest absolute Gasteiger partial charge is 0.207 e. The number of rotatable bonds is 0. The zero-order chi connectivity index (χ0) is 9.46. The van der Waals surface area contributed by atoms with E-state index in [1.54, 1.807) is 0 Å². The number of benzene rings is 1. The van der Waals surface area contributed by atoms with Gasteiger partial charge >= 0.3 is 0 Å². The molecule has 0 aliphatic carbocycles. The molecule has 0 fully saturated rings. The first-order valence-corrected chi connectivity index (χ1v) is 3.26. The van der Waals surface area contributed by atoms with Gasteiger partial charge in [0.1, 0.15) is 13.7 Å². The third-order valence-electron chi connectivity index (χ3n) is 1.70. The first kappa shape index (κ1) is 9.10. The van der Waals surface area contributed by atoms with Crippen molar-refractivity contribution < 1.29 is 17.6 Å². The Hall–Kier alpha value is -0.995. The van der Waals surface area contributed by atoms with Crippen LogP contribution in [-0.2, 0) is 0 Å². The predicted molar refractivity (Wildman–Crippen MR) is 39.2 cm³/mol.